The lowest BCUT2D eigenvalue weighted by molar-refractivity contribution is 0.450. The summed E-state index contributed by atoms with van der Waals surface area (Å²) in [4.78, 5) is 18.2. The molecule has 0 fully saturated rings. The molecule has 0 saturated carbocycles. The Kier molecular flexibility index (Phi) is 4.84. The molecule has 4 rings (SSSR count). The van der Waals surface area contributed by atoms with Crippen LogP contribution in [0.15, 0.2) is 70.1 Å². The Morgan fingerprint density at radius 1 is 1.11 bits per heavy atom. The maximum atomic E-state index is 13.4. The third-order valence-electron chi connectivity index (χ3n) is 4.94. The normalized spacial score (nSPS) is 12.4. The van der Waals surface area contributed by atoms with Crippen molar-refractivity contribution in [1.29, 1.82) is 0 Å². The topological polar surface area (TPSA) is 60.1 Å². The van der Waals surface area contributed by atoms with Crippen molar-refractivity contribution in [3.8, 4) is 5.69 Å². The van der Waals surface area contributed by atoms with E-state index in [4.69, 9.17) is 9.40 Å². The van der Waals surface area contributed by atoms with Crippen molar-refractivity contribution in [2.24, 2.45) is 0 Å². The van der Waals surface area contributed by atoms with Gasteiger partial charge >= 0.3 is 0 Å². The van der Waals surface area contributed by atoms with Gasteiger partial charge in [0.05, 0.1) is 35.4 Å². The van der Waals surface area contributed by atoms with Crippen molar-refractivity contribution in [1.82, 2.24) is 14.9 Å². The number of hydrogen-bond donors (Lipinski definition) is 1. The minimum absolute atomic E-state index is 0.0563. The van der Waals surface area contributed by atoms with Crippen molar-refractivity contribution in [2.45, 2.75) is 33.4 Å². The zero-order chi connectivity index (χ0) is 19.7. The van der Waals surface area contributed by atoms with Crippen LogP contribution in [-0.4, -0.2) is 9.55 Å². The summed E-state index contributed by atoms with van der Waals surface area (Å²) in [5, 5.41) is 4.03. The number of benzene rings is 2. The largest absolute Gasteiger partial charge is 0.468 e. The van der Waals surface area contributed by atoms with E-state index in [-0.39, 0.29) is 11.6 Å². The number of rotatable bonds is 5. The highest BCUT2D eigenvalue weighted by atomic mass is 16.3. The van der Waals surface area contributed by atoms with Gasteiger partial charge in [-0.15, -0.1) is 0 Å². The van der Waals surface area contributed by atoms with E-state index in [9.17, 15) is 4.79 Å². The number of furan rings is 1. The Labute approximate surface area is 163 Å². The van der Waals surface area contributed by atoms with E-state index in [1.807, 2.05) is 69.3 Å². The van der Waals surface area contributed by atoms with E-state index in [1.54, 1.807) is 10.8 Å². The van der Waals surface area contributed by atoms with Crippen LogP contribution in [0.3, 0.4) is 0 Å². The third kappa shape index (κ3) is 3.37. The van der Waals surface area contributed by atoms with E-state index in [0.29, 0.717) is 23.3 Å². The molecule has 0 aliphatic heterocycles. The van der Waals surface area contributed by atoms with Crippen molar-refractivity contribution >= 4 is 10.9 Å². The van der Waals surface area contributed by atoms with Gasteiger partial charge in [-0.1, -0.05) is 29.8 Å². The van der Waals surface area contributed by atoms with E-state index >= 15 is 0 Å². The van der Waals surface area contributed by atoms with Crippen LogP contribution < -0.4 is 10.9 Å². The van der Waals surface area contributed by atoms with Crippen LogP contribution in [0.25, 0.3) is 16.6 Å². The molecule has 142 valence electrons. The SMILES string of the molecule is Cc1ccc(-n2c([C@H](C)NCc3ccco3)nc3ccccc3c2=O)c(C)c1. The zero-order valence-corrected chi connectivity index (χ0v) is 16.3. The van der Waals surface area contributed by atoms with Gasteiger partial charge in [-0.3, -0.25) is 9.36 Å². The number of nitrogens with zero attached hydrogens (tertiary/aromatic N) is 2. The first-order chi connectivity index (χ1) is 13.5. The molecular weight excluding hydrogens is 350 g/mol. The molecule has 0 amide bonds. The highest BCUT2D eigenvalue weighted by molar-refractivity contribution is 5.78. The summed E-state index contributed by atoms with van der Waals surface area (Å²) in [5.74, 6) is 1.52. The van der Waals surface area contributed by atoms with Crippen molar-refractivity contribution in [3.05, 3.63) is 93.9 Å². The maximum Gasteiger partial charge on any atom is 0.266 e. The number of aryl methyl sites for hydroxylation is 2. The van der Waals surface area contributed by atoms with Crippen molar-refractivity contribution in [2.75, 3.05) is 0 Å². The van der Waals surface area contributed by atoms with E-state index in [0.717, 1.165) is 22.6 Å². The fourth-order valence-corrected chi connectivity index (χ4v) is 3.49. The van der Waals surface area contributed by atoms with E-state index in [1.165, 1.54) is 0 Å². The molecule has 0 unspecified atom stereocenters. The monoisotopic (exact) mass is 373 g/mol. The van der Waals surface area contributed by atoms with Crippen LogP contribution in [0.4, 0.5) is 0 Å². The Morgan fingerprint density at radius 3 is 2.68 bits per heavy atom. The summed E-state index contributed by atoms with van der Waals surface area (Å²) < 4.78 is 7.14. The number of nitrogens with one attached hydrogen (secondary N) is 1. The van der Waals surface area contributed by atoms with Gasteiger partial charge < -0.3 is 9.73 Å². The predicted molar refractivity (Wildman–Crippen MR) is 111 cm³/mol. The lowest BCUT2D eigenvalue weighted by Crippen LogP contribution is -2.30. The molecule has 1 N–H and O–H groups in total. The minimum Gasteiger partial charge on any atom is -0.468 e. The molecule has 2 aromatic heterocycles. The summed E-state index contributed by atoms with van der Waals surface area (Å²) in [7, 11) is 0. The fraction of sp³-hybridized carbons (Fsp3) is 0.217. The second-order valence-electron chi connectivity index (χ2n) is 7.10. The molecule has 28 heavy (non-hydrogen) atoms. The molecule has 0 spiro atoms. The Morgan fingerprint density at radius 2 is 1.93 bits per heavy atom. The van der Waals surface area contributed by atoms with Gasteiger partial charge in [-0.05, 0) is 56.7 Å². The van der Waals surface area contributed by atoms with Crippen molar-refractivity contribution < 1.29 is 4.42 Å². The van der Waals surface area contributed by atoms with Crippen LogP contribution in [0.2, 0.25) is 0 Å². The highest BCUT2D eigenvalue weighted by Gasteiger charge is 2.19. The van der Waals surface area contributed by atoms with Crippen LogP contribution in [0.1, 0.15) is 35.7 Å². The molecule has 5 nitrogen and oxygen atoms in total. The number of aromatic nitrogens is 2. The molecule has 0 aliphatic rings. The average molecular weight is 373 g/mol. The van der Waals surface area contributed by atoms with Crippen LogP contribution >= 0.6 is 0 Å². The second kappa shape index (κ2) is 7.44. The van der Waals surface area contributed by atoms with Crippen LogP contribution in [0.5, 0.6) is 0 Å². The summed E-state index contributed by atoms with van der Waals surface area (Å²) in [6, 6.07) is 17.2. The van der Waals surface area contributed by atoms with E-state index in [2.05, 4.69) is 11.4 Å². The molecule has 0 saturated heterocycles. The first kappa shape index (κ1) is 18.2. The maximum absolute atomic E-state index is 13.4. The molecule has 2 heterocycles. The minimum atomic E-state index is -0.150. The zero-order valence-electron chi connectivity index (χ0n) is 16.3. The molecule has 0 radical (unpaired) electrons. The lowest BCUT2D eigenvalue weighted by atomic mass is 10.1. The summed E-state index contributed by atoms with van der Waals surface area (Å²) in [5.41, 5.74) is 3.71. The van der Waals surface area contributed by atoms with Gasteiger partial charge in [-0.25, -0.2) is 4.98 Å². The average Bonchev–Trinajstić information content (AvgIpc) is 3.20. The van der Waals surface area contributed by atoms with Gasteiger partial charge in [0.1, 0.15) is 11.6 Å². The molecule has 0 bridgehead atoms. The van der Waals surface area contributed by atoms with Gasteiger partial charge in [0.15, 0.2) is 0 Å². The van der Waals surface area contributed by atoms with Gasteiger partial charge in [0.2, 0.25) is 0 Å². The Hall–Kier alpha value is -3.18. The standard InChI is InChI=1S/C23H23N3O2/c1-15-10-11-21(16(2)13-15)26-22(17(3)24-14-18-7-6-12-28-18)25-20-9-5-4-8-19(20)23(26)27/h4-13,17,24H,14H2,1-3H3/t17-/m0/s1. The summed E-state index contributed by atoms with van der Waals surface area (Å²) in [6.07, 6.45) is 1.65. The third-order valence-corrected chi connectivity index (χ3v) is 4.94. The van der Waals surface area contributed by atoms with Crippen LogP contribution in [-0.2, 0) is 6.54 Å². The highest BCUT2D eigenvalue weighted by Crippen LogP contribution is 2.21. The lowest BCUT2D eigenvalue weighted by Gasteiger charge is -2.20. The summed E-state index contributed by atoms with van der Waals surface area (Å²) in [6.45, 7) is 6.64. The quantitative estimate of drug-likeness (QED) is 0.562. The molecule has 4 aromatic rings. The molecule has 0 aliphatic carbocycles. The smallest absolute Gasteiger partial charge is 0.266 e. The first-order valence-electron chi connectivity index (χ1n) is 9.39. The number of para-hydroxylation sites is 1. The Bertz CT molecular complexity index is 1180. The molecule has 1 atom stereocenters. The fourth-order valence-electron chi connectivity index (χ4n) is 3.49. The number of hydrogen-bond acceptors (Lipinski definition) is 4. The van der Waals surface area contributed by atoms with Crippen molar-refractivity contribution in [3.63, 3.8) is 0 Å². The number of fused-ring (bicyclic) bond motifs is 1. The van der Waals surface area contributed by atoms with Crippen LogP contribution in [0, 0.1) is 13.8 Å². The second-order valence-corrected chi connectivity index (χ2v) is 7.10. The van der Waals surface area contributed by atoms with Gasteiger partial charge in [-0.2, -0.15) is 0 Å². The molecular formula is C23H23N3O2. The molecule has 2 aromatic carbocycles. The van der Waals surface area contributed by atoms with E-state index < -0.39 is 0 Å². The van der Waals surface area contributed by atoms with Gasteiger partial charge in [0, 0.05) is 0 Å². The Balaban J connectivity index is 1.87. The first-order valence-corrected chi connectivity index (χ1v) is 9.39. The predicted octanol–water partition coefficient (Wildman–Crippen LogP) is 4.45. The molecule has 5 heteroatoms. The summed E-state index contributed by atoms with van der Waals surface area (Å²) >= 11 is 0. The van der Waals surface area contributed by atoms with Gasteiger partial charge in [0.25, 0.3) is 5.56 Å².